The Bertz CT molecular complexity index is 1780. The number of hydrogen-bond donors (Lipinski definition) is 1. The lowest BCUT2D eigenvalue weighted by atomic mass is 10.2. The van der Waals surface area contributed by atoms with E-state index >= 15 is 0 Å². The molecule has 0 amide bonds. The van der Waals surface area contributed by atoms with Gasteiger partial charge in [-0.1, -0.05) is 51.1 Å². The van der Waals surface area contributed by atoms with Crippen LogP contribution in [0.4, 0.5) is 0 Å². The van der Waals surface area contributed by atoms with E-state index in [4.69, 9.17) is 19.5 Å². The third kappa shape index (κ3) is 5.26. The maximum absolute atomic E-state index is 13.7. The van der Waals surface area contributed by atoms with Crippen LogP contribution in [0.1, 0.15) is 45.5 Å². The van der Waals surface area contributed by atoms with Crippen LogP contribution in [0.15, 0.2) is 70.3 Å². The van der Waals surface area contributed by atoms with Crippen molar-refractivity contribution in [3.8, 4) is 0 Å². The van der Waals surface area contributed by atoms with Gasteiger partial charge in [0.15, 0.2) is 5.65 Å². The summed E-state index contributed by atoms with van der Waals surface area (Å²) in [5.41, 5.74) is 3.12. The molecule has 12 heteroatoms. The molecule has 0 radical (unpaired) electrons. The molecule has 1 unspecified atom stereocenters. The molecule has 4 aromatic heterocycles. The summed E-state index contributed by atoms with van der Waals surface area (Å²) in [4.78, 5) is 27.6. The van der Waals surface area contributed by atoms with Crippen LogP contribution < -0.4 is 16.3 Å². The summed E-state index contributed by atoms with van der Waals surface area (Å²) in [5, 5.41) is 7.95. The number of nitrogens with zero attached hydrogens (tertiary/aromatic N) is 6. The number of aryl methyl sites for hydroxylation is 1. The molecule has 1 aliphatic heterocycles. The largest absolute Gasteiger partial charge is 0.399 e. The van der Waals surface area contributed by atoms with Gasteiger partial charge in [-0.3, -0.25) is 14.1 Å². The van der Waals surface area contributed by atoms with Crippen molar-refractivity contribution in [2.45, 2.75) is 57.8 Å². The first-order chi connectivity index (χ1) is 20.2. The van der Waals surface area contributed by atoms with Gasteiger partial charge in [-0.05, 0) is 51.1 Å². The molecule has 1 aromatic carbocycles. The molecule has 1 fully saturated rings. The summed E-state index contributed by atoms with van der Waals surface area (Å²) in [6, 6.07) is 14.1. The fourth-order valence-corrected chi connectivity index (χ4v) is 8.50. The Labute approximate surface area is 253 Å². The van der Waals surface area contributed by atoms with Crippen LogP contribution in [0.3, 0.4) is 0 Å². The third-order valence-electron chi connectivity index (χ3n) is 8.10. The van der Waals surface area contributed by atoms with E-state index < -0.39 is 8.48 Å². The zero-order valence-corrected chi connectivity index (χ0v) is 26.7. The van der Waals surface area contributed by atoms with Crippen molar-refractivity contribution in [2.75, 3.05) is 19.8 Å². The molecule has 0 bridgehead atoms. The zero-order valence-electron chi connectivity index (χ0n) is 24.2. The average Bonchev–Trinajstić information content (AvgIpc) is 3.41. The monoisotopic (exact) mass is 649 g/mol. The summed E-state index contributed by atoms with van der Waals surface area (Å²) >= 11 is 3.52. The number of imidazole rings is 2. The lowest BCUT2D eigenvalue weighted by Crippen LogP contribution is -2.65. The van der Waals surface area contributed by atoms with Crippen molar-refractivity contribution >= 4 is 51.8 Å². The Morgan fingerprint density at radius 1 is 1.10 bits per heavy atom. The van der Waals surface area contributed by atoms with Crippen LogP contribution >= 0.6 is 15.9 Å². The van der Waals surface area contributed by atoms with Gasteiger partial charge in [-0.15, -0.1) is 0 Å². The summed E-state index contributed by atoms with van der Waals surface area (Å²) in [5.74, 6) is 0.771. The predicted molar refractivity (Wildman–Crippen MR) is 169 cm³/mol. The number of halogens is 1. The highest BCUT2D eigenvalue weighted by Gasteiger charge is 2.45. The van der Waals surface area contributed by atoms with Crippen molar-refractivity contribution in [1.29, 1.82) is 0 Å². The first-order valence-corrected chi connectivity index (χ1v) is 17.1. The number of unbranched alkanes of at least 4 members (excludes halogenated alkanes) is 1. The van der Waals surface area contributed by atoms with E-state index in [1.54, 1.807) is 23.2 Å². The molecule has 5 aromatic rings. The normalized spacial score (nSPS) is 15.7. The lowest BCUT2D eigenvalue weighted by Gasteiger charge is -2.38. The van der Waals surface area contributed by atoms with Gasteiger partial charge < -0.3 is 19.1 Å². The molecule has 10 nitrogen and oxygen atoms in total. The fourth-order valence-electron chi connectivity index (χ4n) is 5.56. The van der Waals surface area contributed by atoms with Gasteiger partial charge in [0.05, 0.1) is 43.0 Å². The second-order valence-corrected chi connectivity index (χ2v) is 16.6. The number of ether oxygens (including phenoxy) is 1. The van der Waals surface area contributed by atoms with Gasteiger partial charge >= 0.3 is 14.2 Å². The standard InChI is InChI=1S/C30H36BrN7O3Si/c1-30(2,3)42(32,23-9-5-4-6-10-23)41-14-8-7-13-36-27(35-24-15-21(31)16-34-28(24)36)18-37-26-17-33-12-11-25(26)38(29(37)39)22-19-40-20-22/h4-6,9-12,15-17,22H,7-8,13-14,18-20,32H2,1-3H3. The minimum Gasteiger partial charge on any atom is -0.399 e. The number of rotatable bonds is 10. The van der Waals surface area contributed by atoms with E-state index in [2.05, 4.69) is 63.4 Å². The molecule has 1 atom stereocenters. The van der Waals surface area contributed by atoms with Crippen LogP contribution in [0.5, 0.6) is 0 Å². The molecule has 1 saturated heterocycles. The summed E-state index contributed by atoms with van der Waals surface area (Å²) in [6.45, 7) is 9.11. The van der Waals surface area contributed by atoms with Crippen LogP contribution in [0.2, 0.25) is 5.04 Å². The number of benzene rings is 1. The van der Waals surface area contributed by atoms with Crippen molar-refractivity contribution in [3.05, 3.63) is 81.8 Å². The first-order valence-electron chi connectivity index (χ1n) is 14.3. The van der Waals surface area contributed by atoms with E-state index in [1.807, 2.05) is 34.9 Å². The molecule has 5 heterocycles. The molecule has 220 valence electrons. The smallest absolute Gasteiger partial charge is 0.329 e. The Morgan fingerprint density at radius 2 is 1.88 bits per heavy atom. The van der Waals surface area contributed by atoms with Gasteiger partial charge in [0.2, 0.25) is 0 Å². The van der Waals surface area contributed by atoms with Gasteiger partial charge in [0.25, 0.3) is 0 Å². The molecule has 0 spiro atoms. The maximum atomic E-state index is 13.7. The molecule has 1 aliphatic rings. The van der Waals surface area contributed by atoms with Crippen LogP contribution in [-0.4, -0.2) is 57.0 Å². The van der Waals surface area contributed by atoms with E-state index in [-0.39, 0.29) is 16.8 Å². The number of nitrogens with two attached hydrogens (primary N) is 1. The molecule has 42 heavy (non-hydrogen) atoms. The quantitative estimate of drug-likeness (QED) is 0.178. The number of aromatic nitrogens is 6. The van der Waals surface area contributed by atoms with E-state index in [1.165, 1.54) is 0 Å². The summed E-state index contributed by atoms with van der Waals surface area (Å²) in [6.07, 6.45) is 6.92. The van der Waals surface area contributed by atoms with E-state index in [9.17, 15) is 4.79 Å². The fraction of sp³-hybridized carbons (Fsp3) is 0.400. The predicted octanol–water partition coefficient (Wildman–Crippen LogP) is 4.23. The number of pyridine rings is 2. The number of fused-ring (bicyclic) bond motifs is 2. The minimum atomic E-state index is -2.69. The zero-order chi connectivity index (χ0) is 29.5. The topological polar surface area (TPSA) is 115 Å². The van der Waals surface area contributed by atoms with Crippen molar-refractivity contribution in [1.82, 2.24) is 28.7 Å². The third-order valence-corrected chi connectivity index (χ3v) is 12.6. The molecule has 0 saturated carbocycles. The van der Waals surface area contributed by atoms with Crippen molar-refractivity contribution in [2.24, 2.45) is 5.40 Å². The highest BCUT2D eigenvalue weighted by molar-refractivity contribution is 9.10. The minimum absolute atomic E-state index is 0.0299. The highest BCUT2D eigenvalue weighted by Crippen LogP contribution is 2.33. The lowest BCUT2D eigenvalue weighted by molar-refractivity contribution is -0.0231. The van der Waals surface area contributed by atoms with Gasteiger partial charge in [-0.25, -0.2) is 14.8 Å². The van der Waals surface area contributed by atoms with Crippen LogP contribution in [0.25, 0.3) is 22.2 Å². The Kier molecular flexibility index (Phi) is 7.92. The summed E-state index contributed by atoms with van der Waals surface area (Å²) in [7, 11) is -2.69. The molecular weight excluding hydrogens is 614 g/mol. The summed E-state index contributed by atoms with van der Waals surface area (Å²) < 4.78 is 18.5. The van der Waals surface area contributed by atoms with Crippen LogP contribution in [0, 0.1) is 0 Å². The molecular formula is C30H36BrN7O3Si. The van der Waals surface area contributed by atoms with Gasteiger partial charge in [0, 0.05) is 30.0 Å². The molecule has 0 aliphatic carbocycles. The second-order valence-electron chi connectivity index (χ2n) is 11.9. The van der Waals surface area contributed by atoms with E-state index in [0.717, 1.165) is 50.5 Å². The van der Waals surface area contributed by atoms with Crippen LogP contribution in [-0.2, 0) is 22.3 Å². The van der Waals surface area contributed by atoms with Crippen molar-refractivity contribution in [3.63, 3.8) is 0 Å². The Hall–Kier alpha value is -3.16. The first kappa shape index (κ1) is 28.9. The molecule has 2 N–H and O–H groups in total. The molecule has 6 rings (SSSR count). The van der Waals surface area contributed by atoms with Gasteiger partial charge in [-0.2, -0.15) is 0 Å². The highest BCUT2D eigenvalue weighted by atomic mass is 79.9. The maximum Gasteiger partial charge on any atom is 0.329 e. The Balaban J connectivity index is 1.24. The van der Waals surface area contributed by atoms with Crippen molar-refractivity contribution < 1.29 is 9.16 Å². The average molecular weight is 651 g/mol. The van der Waals surface area contributed by atoms with E-state index in [0.29, 0.717) is 32.9 Å². The van der Waals surface area contributed by atoms with Gasteiger partial charge in [0.1, 0.15) is 11.3 Å². The SMILES string of the molecule is CC(C)(C)[Si](N)(OCCCCn1c(Cn2c(=O)n(C3COC3)c3ccncc32)nc2cc(Br)cnc21)c1ccccc1. The second kappa shape index (κ2) is 11.5. The number of hydrogen-bond acceptors (Lipinski definition) is 7. The Morgan fingerprint density at radius 3 is 2.60 bits per heavy atom.